The first-order valence-electron chi connectivity index (χ1n) is 16.5. The van der Waals surface area contributed by atoms with Crippen molar-refractivity contribution in [1.29, 1.82) is 0 Å². The fourth-order valence-corrected chi connectivity index (χ4v) is 13.5. The fourth-order valence-electron chi connectivity index (χ4n) is 7.93. The van der Waals surface area contributed by atoms with E-state index in [1.807, 2.05) is 22.7 Å². The highest BCUT2D eigenvalue weighted by atomic mass is 32.1. The van der Waals surface area contributed by atoms with Crippen LogP contribution in [-0.4, -0.2) is 8.07 Å². The van der Waals surface area contributed by atoms with Crippen LogP contribution < -0.4 is 15.3 Å². The van der Waals surface area contributed by atoms with Crippen LogP contribution in [0.5, 0.6) is 0 Å². The highest BCUT2D eigenvalue weighted by molar-refractivity contribution is 7.27. The van der Waals surface area contributed by atoms with E-state index in [1.165, 1.54) is 84.8 Å². The highest BCUT2D eigenvalue weighted by Crippen LogP contribution is 2.47. The molecular formula is C44H31NS2Si. The van der Waals surface area contributed by atoms with Crippen LogP contribution in [-0.2, 0) is 0 Å². The highest BCUT2D eigenvalue weighted by Gasteiger charge is 2.39. The zero-order chi connectivity index (χ0) is 32.0. The first-order valence-corrected chi connectivity index (χ1v) is 21.1. The number of anilines is 3. The molecule has 0 unspecified atom stereocenters. The predicted octanol–water partition coefficient (Wildman–Crippen LogP) is 12.4. The summed E-state index contributed by atoms with van der Waals surface area (Å²) < 4.78 is 5.44. The zero-order valence-corrected chi connectivity index (χ0v) is 29.3. The average molecular weight is 666 g/mol. The zero-order valence-electron chi connectivity index (χ0n) is 26.7. The minimum atomic E-state index is -1.98. The van der Waals surface area contributed by atoms with Gasteiger partial charge in [-0.1, -0.05) is 116 Å². The molecular weight excluding hydrogens is 635 g/mol. The second-order valence-corrected chi connectivity index (χ2v) is 19.8. The Morgan fingerprint density at radius 3 is 1.96 bits per heavy atom. The number of rotatable bonds is 4. The molecule has 48 heavy (non-hydrogen) atoms. The van der Waals surface area contributed by atoms with E-state index in [1.54, 1.807) is 5.19 Å². The molecule has 4 heteroatoms. The maximum Gasteiger partial charge on any atom is 0.114 e. The third kappa shape index (κ3) is 4.07. The number of hydrogen-bond acceptors (Lipinski definition) is 3. The van der Waals surface area contributed by atoms with Crippen LogP contribution in [0.15, 0.2) is 152 Å². The van der Waals surface area contributed by atoms with Gasteiger partial charge in [0.15, 0.2) is 0 Å². The Morgan fingerprint density at radius 1 is 0.479 bits per heavy atom. The number of hydrogen-bond donors (Lipinski definition) is 0. The summed E-state index contributed by atoms with van der Waals surface area (Å²) in [5, 5.41) is 8.46. The van der Waals surface area contributed by atoms with Crippen molar-refractivity contribution in [3.63, 3.8) is 0 Å². The molecule has 0 fully saturated rings. The SMILES string of the molecule is C[Si]1(C)c2cc(N(c3ccc(-c4ccccc4)cc3)c3cccc4sc5ccccc5c34)ccc2-c2c1ccc1c2sc2ccccc21. The second kappa shape index (κ2) is 10.5. The largest absolute Gasteiger partial charge is 0.310 e. The molecule has 0 radical (unpaired) electrons. The molecule has 0 amide bonds. The quantitative estimate of drug-likeness (QED) is 0.169. The Balaban J connectivity index is 1.20. The molecule has 0 aliphatic carbocycles. The lowest BCUT2D eigenvalue weighted by Gasteiger charge is -2.28. The van der Waals surface area contributed by atoms with Gasteiger partial charge >= 0.3 is 0 Å². The van der Waals surface area contributed by atoms with Gasteiger partial charge in [-0.3, -0.25) is 0 Å². The Bertz CT molecular complexity index is 2700. The van der Waals surface area contributed by atoms with Gasteiger partial charge in [-0.05, 0) is 81.2 Å². The molecule has 0 bridgehead atoms. The van der Waals surface area contributed by atoms with Crippen molar-refractivity contribution in [3.8, 4) is 22.3 Å². The van der Waals surface area contributed by atoms with Crippen molar-refractivity contribution in [3.05, 3.63) is 152 Å². The lowest BCUT2D eigenvalue weighted by molar-refractivity contribution is 1.30. The van der Waals surface area contributed by atoms with Crippen LogP contribution in [0.25, 0.3) is 62.6 Å². The number of thiophene rings is 2. The topological polar surface area (TPSA) is 3.24 Å². The van der Waals surface area contributed by atoms with E-state index in [-0.39, 0.29) is 0 Å². The van der Waals surface area contributed by atoms with Crippen molar-refractivity contribution in [1.82, 2.24) is 0 Å². The molecule has 1 aliphatic rings. The minimum Gasteiger partial charge on any atom is -0.310 e. The Kier molecular flexibility index (Phi) is 6.13. The van der Waals surface area contributed by atoms with E-state index in [9.17, 15) is 0 Å². The molecule has 0 N–H and O–H groups in total. The number of fused-ring (bicyclic) bond motifs is 10. The Labute approximate surface area is 289 Å². The van der Waals surface area contributed by atoms with Crippen molar-refractivity contribution < 1.29 is 0 Å². The van der Waals surface area contributed by atoms with Crippen LogP contribution in [0.2, 0.25) is 13.1 Å². The predicted molar refractivity (Wildman–Crippen MR) is 215 cm³/mol. The third-order valence-electron chi connectivity index (χ3n) is 10.3. The summed E-state index contributed by atoms with van der Waals surface area (Å²) in [6.07, 6.45) is 0. The van der Waals surface area contributed by atoms with Gasteiger partial charge in [-0.25, -0.2) is 0 Å². The van der Waals surface area contributed by atoms with Gasteiger partial charge in [0.2, 0.25) is 0 Å². The first-order chi connectivity index (χ1) is 23.6. The first kappa shape index (κ1) is 28.0. The summed E-state index contributed by atoms with van der Waals surface area (Å²) in [4.78, 5) is 2.50. The smallest absolute Gasteiger partial charge is 0.114 e. The van der Waals surface area contributed by atoms with E-state index in [2.05, 4.69) is 170 Å². The lowest BCUT2D eigenvalue weighted by Crippen LogP contribution is -2.49. The monoisotopic (exact) mass is 665 g/mol. The molecule has 9 aromatic rings. The van der Waals surface area contributed by atoms with E-state index in [4.69, 9.17) is 0 Å². The van der Waals surface area contributed by atoms with Crippen molar-refractivity contribution >= 4 is 98.5 Å². The molecule has 3 heterocycles. The van der Waals surface area contributed by atoms with Gasteiger partial charge in [0.25, 0.3) is 0 Å². The van der Waals surface area contributed by atoms with E-state index < -0.39 is 8.07 Å². The van der Waals surface area contributed by atoms with Gasteiger partial charge in [0.05, 0.1) is 5.69 Å². The number of benzene rings is 7. The van der Waals surface area contributed by atoms with Crippen LogP contribution in [0.1, 0.15) is 0 Å². The van der Waals surface area contributed by atoms with Gasteiger partial charge in [0, 0.05) is 51.7 Å². The standard InChI is InChI=1S/C44H31NS2Si/c1-48(2)40-26-25-33-32-13-6-8-16-37(32)47-44(33)43(40)35-24-23-31(27-41(35)48)45(30-21-19-29(20-22-30)28-11-4-3-5-12-28)36-15-10-18-39-42(36)34-14-7-9-17-38(34)46-39/h3-27H,1-2H3. The molecule has 0 spiro atoms. The van der Waals surface area contributed by atoms with E-state index in [0.29, 0.717) is 0 Å². The molecule has 1 aliphatic heterocycles. The third-order valence-corrected chi connectivity index (χ3v) is 16.1. The fraction of sp³-hybridized carbons (Fsp3) is 0.0455. The molecule has 0 saturated heterocycles. The summed E-state index contributed by atoms with van der Waals surface area (Å²) in [5.74, 6) is 0. The summed E-state index contributed by atoms with van der Waals surface area (Å²) in [6, 6.07) is 56.4. The van der Waals surface area contributed by atoms with E-state index in [0.717, 1.165) is 0 Å². The molecule has 7 aromatic carbocycles. The summed E-state index contributed by atoms with van der Waals surface area (Å²) in [5.41, 5.74) is 8.95. The molecule has 10 rings (SSSR count). The van der Waals surface area contributed by atoms with Gasteiger partial charge in [0.1, 0.15) is 8.07 Å². The minimum absolute atomic E-state index is 1.17. The molecule has 0 saturated carbocycles. The molecule has 228 valence electrons. The number of nitrogens with zero attached hydrogens (tertiary/aromatic N) is 1. The van der Waals surface area contributed by atoms with Crippen molar-refractivity contribution in [2.24, 2.45) is 0 Å². The molecule has 2 aromatic heterocycles. The summed E-state index contributed by atoms with van der Waals surface area (Å²) >= 11 is 3.83. The van der Waals surface area contributed by atoms with Crippen molar-refractivity contribution in [2.45, 2.75) is 13.1 Å². The summed E-state index contributed by atoms with van der Waals surface area (Å²) in [7, 11) is -1.98. The van der Waals surface area contributed by atoms with Gasteiger partial charge in [-0.15, -0.1) is 22.7 Å². The van der Waals surface area contributed by atoms with Crippen LogP contribution in [0.4, 0.5) is 17.1 Å². The van der Waals surface area contributed by atoms with Crippen LogP contribution in [0.3, 0.4) is 0 Å². The van der Waals surface area contributed by atoms with Gasteiger partial charge in [-0.2, -0.15) is 0 Å². The van der Waals surface area contributed by atoms with Gasteiger partial charge < -0.3 is 4.90 Å². The molecule has 1 nitrogen and oxygen atoms in total. The Morgan fingerprint density at radius 2 is 1.15 bits per heavy atom. The summed E-state index contributed by atoms with van der Waals surface area (Å²) in [6.45, 7) is 5.07. The van der Waals surface area contributed by atoms with Crippen LogP contribution in [0, 0.1) is 0 Å². The maximum absolute atomic E-state index is 2.53. The average Bonchev–Trinajstić information content (AvgIpc) is 3.77. The maximum atomic E-state index is 2.53. The van der Waals surface area contributed by atoms with E-state index >= 15 is 0 Å². The van der Waals surface area contributed by atoms with Crippen LogP contribution >= 0.6 is 22.7 Å². The lowest BCUT2D eigenvalue weighted by atomic mass is 10.0. The Hall–Kier alpha value is -5.00. The van der Waals surface area contributed by atoms with Crippen molar-refractivity contribution in [2.75, 3.05) is 4.90 Å². The molecule has 0 atom stereocenters. The second-order valence-electron chi connectivity index (χ2n) is 13.3. The normalized spacial score (nSPS) is 13.4.